The predicted octanol–water partition coefficient (Wildman–Crippen LogP) is 12.5. The summed E-state index contributed by atoms with van der Waals surface area (Å²) in [4.78, 5) is 10.3. The van der Waals surface area contributed by atoms with E-state index in [0.717, 1.165) is 84.1 Å². The number of fused-ring (bicyclic) bond motifs is 9. The van der Waals surface area contributed by atoms with E-state index in [2.05, 4.69) is 168 Å². The van der Waals surface area contributed by atoms with Gasteiger partial charge in [0.1, 0.15) is 34.3 Å². The largest absolute Gasteiger partial charge is 0.456 e. The third-order valence-corrected chi connectivity index (χ3v) is 11.6. The van der Waals surface area contributed by atoms with Gasteiger partial charge in [0, 0.05) is 66.7 Å². The molecule has 2 unspecified atom stereocenters. The van der Waals surface area contributed by atoms with Crippen molar-refractivity contribution in [2.24, 2.45) is 15.9 Å². The molecule has 0 bridgehead atoms. The van der Waals surface area contributed by atoms with Crippen LogP contribution >= 0.6 is 0 Å². The maximum Gasteiger partial charge on any atom is 0.159 e. The highest BCUT2D eigenvalue weighted by Gasteiger charge is 2.26. The van der Waals surface area contributed by atoms with Gasteiger partial charge in [-0.15, -0.1) is 0 Å². The molecule has 7 aromatic carbocycles. The fourth-order valence-electron chi connectivity index (χ4n) is 8.92. The van der Waals surface area contributed by atoms with Crippen LogP contribution in [0.3, 0.4) is 0 Å². The average molecular weight is 735 g/mol. The summed E-state index contributed by atoms with van der Waals surface area (Å²) in [6.07, 6.45) is 9.42. The van der Waals surface area contributed by atoms with E-state index in [1.165, 1.54) is 21.8 Å². The first-order valence-electron chi connectivity index (χ1n) is 19.5. The summed E-state index contributed by atoms with van der Waals surface area (Å²) in [5.41, 5.74) is 10.8. The molecule has 0 spiro atoms. The van der Waals surface area contributed by atoms with Crippen LogP contribution in [-0.2, 0) is 0 Å². The maximum absolute atomic E-state index is 6.74. The summed E-state index contributed by atoms with van der Waals surface area (Å²) in [7, 11) is 0. The Morgan fingerprint density at radius 2 is 1.33 bits per heavy atom. The molecule has 0 amide bonds. The van der Waals surface area contributed by atoms with Crippen molar-refractivity contribution in [3.8, 4) is 16.8 Å². The summed E-state index contributed by atoms with van der Waals surface area (Å²) in [5.74, 6) is 1.76. The Balaban J connectivity index is 0.981. The third-order valence-electron chi connectivity index (χ3n) is 11.6. The smallest absolute Gasteiger partial charge is 0.159 e. The molecule has 1 aliphatic carbocycles. The van der Waals surface area contributed by atoms with Crippen molar-refractivity contribution in [3.05, 3.63) is 187 Å². The van der Waals surface area contributed by atoms with E-state index in [1.54, 1.807) is 0 Å². The van der Waals surface area contributed by atoms with Crippen LogP contribution in [0.1, 0.15) is 17.5 Å². The normalized spacial score (nSPS) is 16.9. The number of allylic oxidation sites excluding steroid dienone is 3. The van der Waals surface area contributed by atoms with Crippen molar-refractivity contribution in [1.82, 2.24) is 9.88 Å². The molecule has 6 heteroatoms. The number of aliphatic imine (C=N–C) groups is 2. The van der Waals surface area contributed by atoms with Crippen LogP contribution in [-0.4, -0.2) is 22.4 Å². The summed E-state index contributed by atoms with van der Waals surface area (Å²) in [6, 6.07) is 53.1. The van der Waals surface area contributed by atoms with Crippen LogP contribution in [0.2, 0.25) is 0 Å². The van der Waals surface area contributed by atoms with Crippen molar-refractivity contribution < 1.29 is 8.83 Å². The van der Waals surface area contributed by atoms with Gasteiger partial charge in [-0.3, -0.25) is 0 Å². The Kier molecular flexibility index (Phi) is 7.01. The molecular formula is C51H34N4O2. The Bertz CT molecular complexity index is 3320. The first-order chi connectivity index (χ1) is 28.2. The second kappa shape index (κ2) is 12.5. The first kappa shape index (κ1) is 31.9. The molecule has 1 N–H and O–H groups in total. The van der Waals surface area contributed by atoms with Crippen LogP contribution in [0, 0.1) is 5.92 Å². The van der Waals surface area contributed by atoms with E-state index in [4.69, 9.17) is 18.8 Å². The molecule has 0 radical (unpaired) electrons. The van der Waals surface area contributed by atoms with Crippen molar-refractivity contribution in [2.75, 3.05) is 0 Å². The van der Waals surface area contributed by atoms with E-state index in [-0.39, 0.29) is 12.1 Å². The molecule has 6 nitrogen and oxygen atoms in total. The lowest BCUT2D eigenvalue weighted by molar-refractivity contribution is 0.475. The van der Waals surface area contributed by atoms with Gasteiger partial charge in [-0.05, 0) is 60.5 Å². The van der Waals surface area contributed by atoms with Gasteiger partial charge in [-0.25, -0.2) is 9.98 Å². The van der Waals surface area contributed by atoms with E-state index in [9.17, 15) is 0 Å². The highest BCUT2D eigenvalue weighted by atomic mass is 16.3. The minimum absolute atomic E-state index is 0.138. The van der Waals surface area contributed by atoms with Crippen molar-refractivity contribution in [1.29, 1.82) is 0 Å². The molecule has 4 heterocycles. The van der Waals surface area contributed by atoms with Gasteiger partial charge in [0.05, 0.1) is 11.0 Å². The minimum atomic E-state index is -0.138. The fourth-order valence-corrected chi connectivity index (χ4v) is 8.92. The molecule has 2 atom stereocenters. The number of furan rings is 2. The molecule has 12 rings (SSSR count). The standard InChI is InChI=1S/C51H34N4O2/c1-3-13-31(14-4-1)49-52-50(32-15-5-2-6-16-32)54-51(53-49)33-25-28-44-41(29-33)39-21-11-20-38(48(39)57-44)37-19-12-24-45-47(37)40-27-26-34(30-46(40)56-45)55-42-22-9-7-17-35(42)36-18-8-10-23-43(36)55/h1-15,17-30,32,50H,16H2,(H,52,53,54). The summed E-state index contributed by atoms with van der Waals surface area (Å²) in [6.45, 7) is 0. The topological polar surface area (TPSA) is 68.0 Å². The van der Waals surface area contributed by atoms with Gasteiger partial charge in [0.15, 0.2) is 5.84 Å². The fraction of sp³-hybridized carbons (Fsp3) is 0.0588. The molecule has 2 aliphatic rings. The Hall–Kier alpha value is -7.44. The second-order valence-electron chi connectivity index (χ2n) is 14.9. The number of benzene rings is 7. The van der Waals surface area contributed by atoms with Gasteiger partial charge in [0.2, 0.25) is 0 Å². The second-order valence-corrected chi connectivity index (χ2v) is 14.9. The zero-order chi connectivity index (χ0) is 37.5. The number of hydrogen-bond acceptors (Lipinski definition) is 5. The summed E-state index contributed by atoms with van der Waals surface area (Å²) >= 11 is 0. The lowest BCUT2D eigenvalue weighted by Crippen LogP contribution is -2.43. The number of aromatic nitrogens is 1. The van der Waals surface area contributed by atoms with E-state index in [0.29, 0.717) is 5.84 Å². The number of hydrogen-bond donors (Lipinski definition) is 1. The zero-order valence-electron chi connectivity index (χ0n) is 30.8. The number of para-hydroxylation sites is 3. The van der Waals surface area contributed by atoms with Crippen LogP contribution in [0.5, 0.6) is 0 Å². The van der Waals surface area contributed by atoms with Crippen LogP contribution in [0.15, 0.2) is 195 Å². The Morgan fingerprint density at radius 3 is 2.16 bits per heavy atom. The summed E-state index contributed by atoms with van der Waals surface area (Å²) in [5, 5.41) is 10.3. The van der Waals surface area contributed by atoms with E-state index < -0.39 is 0 Å². The minimum Gasteiger partial charge on any atom is -0.456 e. The molecule has 3 aromatic heterocycles. The van der Waals surface area contributed by atoms with Gasteiger partial charge in [-0.2, -0.15) is 0 Å². The molecule has 0 saturated heterocycles. The average Bonchev–Trinajstić information content (AvgIpc) is 3.96. The monoisotopic (exact) mass is 734 g/mol. The lowest BCUT2D eigenvalue weighted by Gasteiger charge is -2.28. The molecule has 1 aliphatic heterocycles. The molecule has 0 fully saturated rings. The van der Waals surface area contributed by atoms with Crippen LogP contribution in [0.4, 0.5) is 0 Å². The Labute approximate surface area is 327 Å². The van der Waals surface area contributed by atoms with E-state index in [1.807, 2.05) is 18.2 Å². The Morgan fingerprint density at radius 1 is 0.561 bits per heavy atom. The number of amidine groups is 2. The molecule has 57 heavy (non-hydrogen) atoms. The molecule has 0 saturated carbocycles. The molecule has 270 valence electrons. The lowest BCUT2D eigenvalue weighted by atomic mass is 9.96. The summed E-state index contributed by atoms with van der Waals surface area (Å²) < 4.78 is 15.7. The predicted molar refractivity (Wildman–Crippen MR) is 234 cm³/mol. The van der Waals surface area contributed by atoms with Gasteiger partial charge in [0.25, 0.3) is 0 Å². The van der Waals surface area contributed by atoms with E-state index >= 15 is 0 Å². The highest BCUT2D eigenvalue weighted by Crippen LogP contribution is 2.43. The maximum atomic E-state index is 6.74. The number of nitrogens with zero attached hydrogens (tertiary/aromatic N) is 3. The zero-order valence-corrected chi connectivity index (χ0v) is 30.8. The van der Waals surface area contributed by atoms with Crippen molar-refractivity contribution >= 4 is 77.4 Å². The van der Waals surface area contributed by atoms with Gasteiger partial charge in [-0.1, -0.05) is 121 Å². The van der Waals surface area contributed by atoms with Crippen LogP contribution in [0.25, 0.3) is 82.5 Å². The number of nitrogens with one attached hydrogen (secondary N) is 1. The SMILES string of the molecule is C1=CCC(C2N=C(c3ccc4oc5c(-c6cccc7oc8cc(-n9c%10ccccc%10c%10ccccc%109)ccc8c67)cccc5c4c3)N=C(c3ccccc3)N2)C=C1. The van der Waals surface area contributed by atoms with Gasteiger partial charge < -0.3 is 18.7 Å². The van der Waals surface area contributed by atoms with Gasteiger partial charge >= 0.3 is 0 Å². The van der Waals surface area contributed by atoms with Crippen molar-refractivity contribution in [3.63, 3.8) is 0 Å². The molecule has 10 aromatic rings. The third kappa shape index (κ3) is 5.04. The first-order valence-corrected chi connectivity index (χ1v) is 19.5. The van der Waals surface area contributed by atoms with Crippen molar-refractivity contribution in [2.45, 2.75) is 12.6 Å². The quantitative estimate of drug-likeness (QED) is 0.191. The van der Waals surface area contributed by atoms with Crippen LogP contribution < -0.4 is 5.32 Å². The molecular weight excluding hydrogens is 701 g/mol. The highest BCUT2D eigenvalue weighted by molar-refractivity contribution is 6.19. The number of rotatable bonds is 5.